The van der Waals surface area contributed by atoms with Crippen LogP contribution in [-0.4, -0.2) is 18.5 Å². The van der Waals surface area contributed by atoms with Crippen LogP contribution in [0.3, 0.4) is 0 Å². The molecular formula is C10H9BrN2O2. The van der Waals surface area contributed by atoms with Crippen LogP contribution in [0.5, 0.6) is 0 Å². The maximum atomic E-state index is 11.4. The molecule has 2 rings (SSSR count). The average molecular weight is 269 g/mol. The van der Waals surface area contributed by atoms with Crippen molar-refractivity contribution in [2.75, 3.05) is 11.4 Å². The number of amides is 3. The Morgan fingerprint density at radius 1 is 1.40 bits per heavy atom. The molecule has 1 aromatic carbocycles. The zero-order valence-corrected chi connectivity index (χ0v) is 9.67. The third kappa shape index (κ3) is 1.87. The monoisotopic (exact) mass is 268 g/mol. The topological polar surface area (TPSA) is 49.4 Å². The van der Waals surface area contributed by atoms with Gasteiger partial charge in [-0.3, -0.25) is 15.0 Å². The van der Waals surface area contributed by atoms with E-state index in [0.29, 0.717) is 0 Å². The van der Waals surface area contributed by atoms with Crippen molar-refractivity contribution in [3.8, 4) is 0 Å². The number of benzene rings is 1. The molecule has 1 aliphatic rings. The molecule has 0 aromatic heterocycles. The van der Waals surface area contributed by atoms with Gasteiger partial charge >= 0.3 is 6.03 Å². The van der Waals surface area contributed by atoms with Crippen LogP contribution in [0.1, 0.15) is 5.56 Å². The molecule has 0 bridgehead atoms. The molecule has 0 unspecified atom stereocenters. The lowest BCUT2D eigenvalue weighted by Gasteiger charge is -2.14. The van der Waals surface area contributed by atoms with Gasteiger partial charge in [-0.25, -0.2) is 4.79 Å². The highest BCUT2D eigenvalue weighted by Crippen LogP contribution is 2.23. The van der Waals surface area contributed by atoms with Crippen LogP contribution in [0.2, 0.25) is 0 Å². The summed E-state index contributed by atoms with van der Waals surface area (Å²) in [6.45, 7) is 2.03. The number of halogens is 1. The quantitative estimate of drug-likeness (QED) is 0.790. The van der Waals surface area contributed by atoms with Gasteiger partial charge in [0, 0.05) is 10.2 Å². The molecule has 15 heavy (non-hydrogen) atoms. The van der Waals surface area contributed by atoms with Crippen molar-refractivity contribution >= 4 is 33.6 Å². The maximum Gasteiger partial charge on any atom is 0.329 e. The standard InChI is InChI=1S/C10H9BrN2O2/c1-6-4-7(2-3-8(6)11)13-5-9(14)12-10(13)15/h2-4H,5H2,1H3,(H,12,14,15). The molecule has 1 aromatic rings. The number of nitrogens with one attached hydrogen (secondary N) is 1. The summed E-state index contributed by atoms with van der Waals surface area (Å²) in [5.41, 5.74) is 1.76. The molecule has 1 aliphatic heterocycles. The molecule has 1 fully saturated rings. The van der Waals surface area contributed by atoms with Crippen molar-refractivity contribution in [3.63, 3.8) is 0 Å². The van der Waals surface area contributed by atoms with E-state index in [0.717, 1.165) is 15.7 Å². The lowest BCUT2D eigenvalue weighted by molar-refractivity contribution is -0.117. The highest BCUT2D eigenvalue weighted by Gasteiger charge is 2.27. The highest BCUT2D eigenvalue weighted by molar-refractivity contribution is 9.10. The number of rotatable bonds is 1. The molecule has 3 amide bonds. The molecule has 0 aliphatic carbocycles. The Kier molecular flexibility index (Phi) is 2.48. The first-order valence-electron chi connectivity index (χ1n) is 4.45. The van der Waals surface area contributed by atoms with Gasteiger partial charge in [-0.2, -0.15) is 0 Å². The van der Waals surface area contributed by atoms with E-state index in [4.69, 9.17) is 0 Å². The SMILES string of the molecule is Cc1cc(N2CC(=O)NC2=O)ccc1Br. The van der Waals surface area contributed by atoms with Crippen LogP contribution in [-0.2, 0) is 4.79 Å². The maximum absolute atomic E-state index is 11.4. The van der Waals surface area contributed by atoms with E-state index in [9.17, 15) is 9.59 Å². The summed E-state index contributed by atoms with van der Waals surface area (Å²) in [4.78, 5) is 23.8. The van der Waals surface area contributed by atoms with Crippen molar-refractivity contribution in [2.24, 2.45) is 0 Å². The molecule has 0 radical (unpaired) electrons. The van der Waals surface area contributed by atoms with E-state index in [1.165, 1.54) is 4.90 Å². The Labute approximate surface area is 95.4 Å². The van der Waals surface area contributed by atoms with E-state index in [1.807, 2.05) is 19.1 Å². The van der Waals surface area contributed by atoms with Crippen molar-refractivity contribution in [3.05, 3.63) is 28.2 Å². The molecular weight excluding hydrogens is 260 g/mol. The van der Waals surface area contributed by atoms with Crippen molar-refractivity contribution in [1.29, 1.82) is 0 Å². The minimum Gasteiger partial charge on any atom is -0.285 e. The average Bonchev–Trinajstić information content (AvgIpc) is 2.50. The Morgan fingerprint density at radius 3 is 2.67 bits per heavy atom. The Bertz CT molecular complexity index is 445. The summed E-state index contributed by atoms with van der Waals surface area (Å²) in [7, 11) is 0. The zero-order chi connectivity index (χ0) is 11.0. The van der Waals surface area contributed by atoms with Crippen molar-refractivity contribution in [1.82, 2.24) is 5.32 Å². The van der Waals surface area contributed by atoms with Gasteiger partial charge in [0.1, 0.15) is 6.54 Å². The molecule has 4 nitrogen and oxygen atoms in total. The van der Waals surface area contributed by atoms with Crippen LogP contribution < -0.4 is 10.2 Å². The number of hydrogen-bond donors (Lipinski definition) is 1. The lowest BCUT2D eigenvalue weighted by atomic mass is 10.2. The van der Waals surface area contributed by atoms with E-state index in [-0.39, 0.29) is 18.5 Å². The Balaban J connectivity index is 2.34. The number of hydrogen-bond acceptors (Lipinski definition) is 2. The molecule has 5 heteroatoms. The molecule has 1 saturated heterocycles. The van der Waals surface area contributed by atoms with E-state index in [1.54, 1.807) is 6.07 Å². The number of imide groups is 1. The van der Waals surface area contributed by atoms with Crippen LogP contribution in [0.25, 0.3) is 0 Å². The smallest absolute Gasteiger partial charge is 0.285 e. The van der Waals surface area contributed by atoms with Gasteiger partial charge in [0.05, 0.1) is 0 Å². The summed E-state index contributed by atoms with van der Waals surface area (Å²) in [6, 6.07) is 5.17. The van der Waals surface area contributed by atoms with E-state index >= 15 is 0 Å². The molecule has 1 N–H and O–H groups in total. The molecule has 0 saturated carbocycles. The van der Waals surface area contributed by atoms with Gasteiger partial charge in [0.2, 0.25) is 5.91 Å². The fourth-order valence-corrected chi connectivity index (χ4v) is 1.69. The summed E-state index contributed by atoms with van der Waals surface area (Å²) >= 11 is 3.38. The number of carbonyl (C=O) groups excluding carboxylic acids is 2. The van der Waals surface area contributed by atoms with Crippen LogP contribution in [0, 0.1) is 6.92 Å². The third-order valence-electron chi connectivity index (χ3n) is 2.25. The predicted octanol–water partition coefficient (Wildman–Crippen LogP) is 1.81. The number of carbonyl (C=O) groups is 2. The van der Waals surface area contributed by atoms with Gasteiger partial charge < -0.3 is 0 Å². The zero-order valence-electron chi connectivity index (χ0n) is 8.08. The van der Waals surface area contributed by atoms with Gasteiger partial charge in [-0.05, 0) is 30.7 Å². The van der Waals surface area contributed by atoms with Gasteiger partial charge in [-0.15, -0.1) is 0 Å². The second-order valence-electron chi connectivity index (χ2n) is 3.37. The van der Waals surface area contributed by atoms with Crippen LogP contribution >= 0.6 is 15.9 Å². The first kappa shape index (κ1) is 10.2. The Morgan fingerprint density at radius 2 is 2.13 bits per heavy atom. The number of anilines is 1. The van der Waals surface area contributed by atoms with Crippen LogP contribution in [0.15, 0.2) is 22.7 Å². The number of aryl methyl sites for hydroxylation is 1. The highest BCUT2D eigenvalue weighted by atomic mass is 79.9. The minimum absolute atomic E-state index is 0.0971. The fourth-order valence-electron chi connectivity index (χ4n) is 1.45. The van der Waals surface area contributed by atoms with Gasteiger partial charge in [0.15, 0.2) is 0 Å². The fraction of sp³-hybridized carbons (Fsp3) is 0.200. The van der Waals surface area contributed by atoms with Gasteiger partial charge in [0.25, 0.3) is 0 Å². The van der Waals surface area contributed by atoms with Crippen LogP contribution in [0.4, 0.5) is 10.5 Å². The summed E-state index contributed by atoms with van der Waals surface area (Å²) in [5, 5.41) is 2.24. The number of nitrogens with zero attached hydrogens (tertiary/aromatic N) is 1. The molecule has 0 spiro atoms. The normalized spacial score (nSPS) is 15.7. The summed E-state index contributed by atoms with van der Waals surface area (Å²) in [5.74, 6) is -0.263. The van der Waals surface area contributed by atoms with E-state index < -0.39 is 0 Å². The first-order chi connectivity index (χ1) is 7.08. The van der Waals surface area contributed by atoms with E-state index in [2.05, 4.69) is 21.2 Å². The third-order valence-corrected chi connectivity index (χ3v) is 3.14. The predicted molar refractivity (Wildman–Crippen MR) is 59.8 cm³/mol. The number of urea groups is 1. The van der Waals surface area contributed by atoms with Crippen molar-refractivity contribution in [2.45, 2.75) is 6.92 Å². The summed E-state index contributed by atoms with van der Waals surface area (Å²) < 4.78 is 0.984. The molecule has 1 heterocycles. The van der Waals surface area contributed by atoms with Gasteiger partial charge in [-0.1, -0.05) is 15.9 Å². The Hall–Kier alpha value is -1.36. The van der Waals surface area contributed by atoms with Crippen molar-refractivity contribution < 1.29 is 9.59 Å². The largest absolute Gasteiger partial charge is 0.329 e. The first-order valence-corrected chi connectivity index (χ1v) is 5.25. The minimum atomic E-state index is -0.360. The summed E-state index contributed by atoms with van der Waals surface area (Å²) in [6.07, 6.45) is 0. The second kappa shape index (κ2) is 3.66. The second-order valence-corrected chi connectivity index (χ2v) is 4.23. The molecule has 0 atom stereocenters. The lowest BCUT2D eigenvalue weighted by Crippen LogP contribution is -2.27. The molecule has 78 valence electrons.